The Morgan fingerprint density at radius 1 is 1.04 bits per heavy atom. The topological polar surface area (TPSA) is 90.0 Å². The van der Waals surface area contributed by atoms with Crippen LogP contribution in [0.5, 0.6) is 0 Å². The Labute approximate surface area is 147 Å². The van der Waals surface area contributed by atoms with Crippen molar-refractivity contribution in [1.29, 1.82) is 0 Å². The average Bonchev–Trinajstić information content (AvgIpc) is 2.60. The molecular weight excluding hydrogens is 344 g/mol. The lowest BCUT2D eigenvalue weighted by atomic mass is 10.3. The zero-order valence-corrected chi connectivity index (χ0v) is 15.1. The van der Waals surface area contributed by atoms with Crippen LogP contribution in [0.25, 0.3) is 0 Å². The zero-order chi connectivity index (χ0) is 18.4. The van der Waals surface area contributed by atoms with E-state index in [4.69, 9.17) is 0 Å². The lowest BCUT2D eigenvalue weighted by Crippen LogP contribution is -2.50. The van der Waals surface area contributed by atoms with Gasteiger partial charge in [0.25, 0.3) is 5.91 Å². The van der Waals surface area contributed by atoms with Crippen molar-refractivity contribution in [3.05, 3.63) is 42.5 Å². The van der Waals surface area contributed by atoms with Gasteiger partial charge in [0.1, 0.15) is 0 Å². The number of benzene rings is 1. The van der Waals surface area contributed by atoms with Crippen LogP contribution >= 0.6 is 0 Å². The fourth-order valence-electron chi connectivity index (χ4n) is 2.40. The number of nitrogens with zero attached hydrogens (tertiary/aromatic N) is 3. The number of sulfonamides is 1. The van der Waals surface area contributed by atoms with Gasteiger partial charge in [0.2, 0.25) is 15.9 Å². The van der Waals surface area contributed by atoms with Crippen LogP contribution in [0.3, 0.4) is 0 Å². The monoisotopic (exact) mass is 366 g/mol. The number of hydrazine groups is 1. The van der Waals surface area contributed by atoms with Gasteiger partial charge in [-0.05, 0) is 12.1 Å². The summed E-state index contributed by atoms with van der Waals surface area (Å²) in [6.45, 7) is 1.01. The maximum absolute atomic E-state index is 12.5. The molecule has 1 fully saturated rings. The van der Waals surface area contributed by atoms with Crippen molar-refractivity contribution in [2.24, 2.45) is 0 Å². The fourth-order valence-corrected chi connectivity index (χ4v) is 3.84. The highest BCUT2D eigenvalue weighted by Gasteiger charge is 2.29. The minimum Gasteiger partial charge on any atom is -0.337 e. The third kappa shape index (κ3) is 5.12. The van der Waals surface area contributed by atoms with E-state index in [1.54, 1.807) is 44.4 Å². The second kappa shape index (κ2) is 8.24. The molecule has 2 rings (SSSR count). The molecule has 0 bridgehead atoms. The van der Waals surface area contributed by atoms with Gasteiger partial charge in [0.05, 0.1) is 4.90 Å². The Bertz CT molecular complexity index is 739. The van der Waals surface area contributed by atoms with Crippen molar-refractivity contribution in [1.82, 2.24) is 19.6 Å². The molecule has 1 aromatic carbocycles. The molecule has 1 aromatic rings. The zero-order valence-electron chi connectivity index (χ0n) is 14.3. The summed E-state index contributed by atoms with van der Waals surface area (Å²) in [6, 6.07) is 8.22. The Hall–Kier alpha value is -2.23. The molecule has 0 aromatic heterocycles. The first-order valence-corrected chi connectivity index (χ1v) is 9.25. The summed E-state index contributed by atoms with van der Waals surface area (Å²) in [5, 5.41) is 1.48. The molecule has 0 atom stereocenters. The van der Waals surface area contributed by atoms with E-state index in [2.05, 4.69) is 5.43 Å². The SMILES string of the molecule is CN(C)NC(=O)/C=C/C(=O)N1CCN(S(=O)(=O)c2ccccc2)CC1. The molecule has 1 aliphatic heterocycles. The summed E-state index contributed by atoms with van der Waals surface area (Å²) in [5.74, 6) is -0.714. The number of hydrogen-bond donors (Lipinski definition) is 1. The number of piperazine rings is 1. The number of carbonyl (C=O) groups excluding carboxylic acids is 2. The highest BCUT2D eigenvalue weighted by atomic mass is 32.2. The number of amides is 2. The standard InChI is InChI=1S/C16H22N4O4S/c1-18(2)17-15(21)8-9-16(22)19-10-12-20(13-11-19)25(23,24)14-6-4-3-5-7-14/h3-9H,10-13H2,1-2H3,(H,17,21)/b9-8+. The molecule has 9 heteroatoms. The molecule has 1 heterocycles. The molecular formula is C16H22N4O4S. The largest absolute Gasteiger partial charge is 0.337 e. The maximum atomic E-state index is 12.5. The molecule has 136 valence electrons. The quantitative estimate of drug-likeness (QED) is 0.569. The first kappa shape index (κ1) is 19.1. The first-order valence-electron chi connectivity index (χ1n) is 7.81. The molecule has 8 nitrogen and oxygen atoms in total. The highest BCUT2D eigenvalue weighted by Crippen LogP contribution is 2.17. The Balaban J connectivity index is 1.92. The van der Waals surface area contributed by atoms with Gasteiger partial charge >= 0.3 is 0 Å². The van der Waals surface area contributed by atoms with E-state index in [9.17, 15) is 18.0 Å². The number of nitrogens with one attached hydrogen (secondary N) is 1. The molecule has 25 heavy (non-hydrogen) atoms. The van der Waals surface area contributed by atoms with Crippen molar-refractivity contribution in [2.45, 2.75) is 4.90 Å². The van der Waals surface area contributed by atoms with Gasteiger partial charge in [-0.2, -0.15) is 4.31 Å². The van der Waals surface area contributed by atoms with Crippen molar-refractivity contribution in [2.75, 3.05) is 40.3 Å². The third-order valence-corrected chi connectivity index (χ3v) is 5.56. The van der Waals surface area contributed by atoms with Crippen molar-refractivity contribution in [3.63, 3.8) is 0 Å². The van der Waals surface area contributed by atoms with Crippen LogP contribution in [0.4, 0.5) is 0 Å². The molecule has 0 aliphatic carbocycles. The van der Waals surface area contributed by atoms with Crippen LogP contribution in [-0.4, -0.2) is 74.7 Å². The Morgan fingerprint density at radius 2 is 1.64 bits per heavy atom. The lowest BCUT2D eigenvalue weighted by Gasteiger charge is -2.33. The summed E-state index contributed by atoms with van der Waals surface area (Å²) in [5.41, 5.74) is 2.50. The maximum Gasteiger partial charge on any atom is 0.258 e. The average molecular weight is 366 g/mol. The molecule has 1 aliphatic rings. The van der Waals surface area contributed by atoms with E-state index >= 15 is 0 Å². The van der Waals surface area contributed by atoms with E-state index < -0.39 is 15.9 Å². The Morgan fingerprint density at radius 3 is 2.20 bits per heavy atom. The van der Waals surface area contributed by atoms with E-state index in [0.29, 0.717) is 0 Å². The predicted octanol–water partition coefficient (Wildman–Crippen LogP) is -0.331. The third-order valence-electron chi connectivity index (χ3n) is 3.64. The van der Waals surface area contributed by atoms with Gasteiger partial charge in [-0.15, -0.1) is 0 Å². The van der Waals surface area contributed by atoms with Gasteiger partial charge < -0.3 is 4.90 Å². The highest BCUT2D eigenvalue weighted by molar-refractivity contribution is 7.89. The van der Waals surface area contributed by atoms with E-state index in [0.717, 1.165) is 6.08 Å². The summed E-state index contributed by atoms with van der Waals surface area (Å²) < 4.78 is 26.4. The molecule has 2 amide bonds. The van der Waals surface area contributed by atoms with E-state index in [-0.39, 0.29) is 37.0 Å². The van der Waals surface area contributed by atoms with Gasteiger partial charge in [0.15, 0.2) is 0 Å². The van der Waals surface area contributed by atoms with Crippen molar-refractivity contribution >= 4 is 21.8 Å². The molecule has 0 unspecified atom stereocenters. The van der Waals surface area contributed by atoms with Crippen LogP contribution in [0.2, 0.25) is 0 Å². The lowest BCUT2D eigenvalue weighted by molar-refractivity contribution is -0.127. The summed E-state index contributed by atoms with van der Waals surface area (Å²) >= 11 is 0. The summed E-state index contributed by atoms with van der Waals surface area (Å²) in [6.07, 6.45) is 2.36. The predicted molar refractivity (Wildman–Crippen MR) is 92.8 cm³/mol. The second-order valence-corrected chi connectivity index (χ2v) is 7.68. The number of hydrogen-bond acceptors (Lipinski definition) is 5. The number of rotatable bonds is 5. The fraction of sp³-hybridized carbons (Fsp3) is 0.375. The summed E-state index contributed by atoms with van der Waals surface area (Å²) in [7, 11) is -0.209. The van der Waals surface area contributed by atoms with Crippen LogP contribution in [-0.2, 0) is 19.6 Å². The summed E-state index contributed by atoms with van der Waals surface area (Å²) in [4.78, 5) is 25.3. The van der Waals surface area contributed by atoms with Gasteiger partial charge in [0, 0.05) is 52.4 Å². The second-order valence-electron chi connectivity index (χ2n) is 5.75. The number of carbonyl (C=O) groups is 2. The molecule has 0 radical (unpaired) electrons. The Kier molecular flexibility index (Phi) is 6.29. The molecule has 0 saturated carbocycles. The van der Waals surface area contributed by atoms with Crippen LogP contribution in [0, 0.1) is 0 Å². The van der Waals surface area contributed by atoms with Crippen LogP contribution < -0.4 is 5.43 Å². The van der Waals surface area contributed by atoms with Crippen LogP contribution in [0.1, 0.15) is 0 Å². The minimum atomic E-state index is -3.54. The van der Waals surface area contributed by atoms with Crippen molar-refractivity contribution in [3.8, 4) is 0 Å². The minimum absolute atomic E-state index is 0.223. The first-order chi connectivity index (χ1) is 11.8. The van der Waals surface area contributed by atoms with Crippen LogP contribution in [0.15, 0.2) is 47.4 Å². The van der Waals surface area contributed by atoms with Crippen molar-refractivity contribution < 1.29 is 18.0 Å². The molecule has 0 spiro atoms. The molecule has 1 saturated heterocycles. The van der Waals surface area contributed by atoms with E-state index in [1.807, 2.05) is 0 Å². The van der Waals surface area contributed by atoms with Gasteiger partial charge in [-0.25, -0.2) is 13.4 Å². The van der Waals surface area contributed by atoms with E-state index in [1.165, 1.54) is 20.3 Å². The van der Waals surface area contributed by atoms with Gasteiger partial charge in [-0.3, -0.25) is 15.0 Å². The smallest absolute Gasteiger partial charge is 0.258 e. The normalized spacial score (nSPS) is 16.4. The molecule has 1 N–H and O–H groups in total. The van der Waals surface area contributed by atoms with Gasteiger partial charge in [-0.1, -0.05) is 18.2 Å².